The predicted octanol–water partition coefficient (Wildman–Crippen LogP) is 1.55. The lowest BCUT2D eigenvalue weighted by atomic mass is 10.1. The third kappa shape index (κ3) is 2.94. The number of halogens is 2. The minimum absolute atomic E-state index is 0.136. The first-order chi connectivity index (χ1) is 7.97. The summed E-state index contributed by atoms with van der Waals surface area (Å²) >= 11 is 0. The molecule has 0 aromatic heterocycles. The van der Waals surface area contributed by atoms with Crippen molar-refractivity contribution in [3.05, 3.63) is 39.4 Å². The molecule has 0 heterocycles. The van der Waals surface area contributed by atoms with Gasteiger partial charge in [0.2, 0.25) is 5.82 Å². The highest BCUT2D eigenvalue weighted by molar-refractivity contribution is 5.94. The van der Waals surface area contributed by atoms with Crippen LogP contribution >= 0.6 is 0 Å². The molecule has 0 aliphatic heterocycles. The Morgan fingerprint density at radius 3 is 2.65 bits per heavy atom. The number of benzene rings is 1. The zero-order chi connectivity index (χ0) is 13.0. The Labute approximate surface area is 94.3 Å². The second kappa shape index (κ2) is 5.30. The second-order valence-electron chi connectivity index (χ2n) is 2.90. The van der Waals surface area contributed by atoms with Crippen molar-refractivity contribution >= 4 is 11.6 Å². The van der Waals surface area contributed by atoms with Crippen molar-refractivity contribution in [3.63, 3.8) is 0 Å². The van der Waals surface area contributed by atoms with E-state index in [4.69, 9.17) is 0 Å². The highest BCUT2D eigenvalue weighted by atomic mass is 19.1. The van der Waals surface area contributed by atoms with Gasteiger partial charge in [-0.2, -0.15) is 4.39 Å². The van der Waals surface area contributed by atoms with Crippen LogP contribution in [0.1, 0.15) is 17.3 Å². The average Bonchev–Trinajstić information content (AvgIpc) is 2.25. The van der Waals surface area contributed by atoms with E-state index < -0.39 is 33.7 Å². The molecule has 0 radical (unpaired) electrons. The lowest BCUT2D eigenvalue weighted by Crippen LogP contribution is -2.24. The van der Waals surface area contributed by atoms with Gasteiger partial charge in [0.15, 0.2) is 0 Å². The molecule has 92 valence electrons. The summed E-state index contributed by atoms with van der Waals surface area (Å²) in [6, 6.07) is 0.790. The molecule has 0 aliphatic rings. The lowest BCUT2D eigenvalue weighted by Gasteiger charge is -2.05. The van der Waals surface area contributed by atoms with E-state index in [0.717, 1.165) is 0 Å². The Balaban J connectivity index is 3.11. The maximum Gasteiger partial charge on any atom is 0.305 e. The van der Waals surface area contributed by atoms with E-state index in [1.54, 1.807) is 6.92 Å². The molecule has 0 saturated heterocycles. The maximum absolute atomic E-state index is 13.2. The fourth-order valence-corrected chi connectivity index (χ4v) is 1.04. The number of hydroxylamine groups is 1. The number of nitro groups is 1. The fraction of sp³-hybridized carbons (Fsp3) is 0.222. The fourth-order valence-electron chi connectivity index (χ4n) is 1.04. The molecular formula is C9H8F2N2O4. The normalized spacial score (nSPS) is 10.1. The van der Waals surface area contributed by atoms with Crippen molar-refractivity contribution in [1.82, 2.24) is 5.48 Å². The van der Waals surface area contributed by atoms with Crippen LogP contribution in [0.15, 0.2) is 12.1 Å². The molecule has 6 nitrogen and oxygen atoms in total. The Kier molecular flexibility index (Phi) is 4.05. The molecule has 1 N–H and O–H groups in total. The summed E-state index contributed by atoms with van der Waals surface area (Å²) in [5.41, 5.74) is 0.212. The number of nitrogens with zero attached hydrogens (tertiary/aromatic N) is 1. The van der Waals surface area contributed by atoms with Crippen LogP contribution in [0.2, 0.25) is 0 Å². The largest absolute Gasteiger partial charge is 0.305 e. The van der Waals surface area contributed by atoms with Gasteiger partial charge in [-0.05, 0) is 6.92 Å². The molecule has 0 unspecified atom stereocenters. The topological polar surface area (TPSA) is 81.5 Å². The molecule has 0 saturated carbocycles. The van der Waals surface area contributed by atoms with Crippen LogP contribution in [0.5, 0.6) is 0 Å². The van der Waals surface area contributed by atoms with Crippen LogP contribution in [0.4, 0.5) is 14.5 Å². The molecule has 0 fully saturated rings. The summed E-state index contributed by atoms with van der Waals surface area (Å²) in [6.07, 6.45) is 0. The van der Waals surface area contributed by atoms with Crippen molar-refractivity contribution in [2.24, 2.45) is 0 Å². The van der Waals surface area contributed by atoms with E-state index in [2.05, 4.69) is 4.84 Å². The third-order valence-corrected chi connectivity index (χ3v) is 1.79. The quantitative estimate of drug-likeness (QED) is 0.645. The molecule has 1 aromatic rings. The lowest BCUT2D eigenvalue weighted by molar-refractivity contribution is -0.387. The first-order valence-corrected chi connectivity index (χ1v) is 4.53. The monoisotopic (exact) mass is 246 g/mol. The van der Waals surface area contributed by atoms with Crippen molar-refractivity contribution < 1.29 is 23.3 Å². The SMILES string of the molecule is CCONC(=O)c1cc([N+](=O)[O-])c(F)cc1F. The molecule has 1 rings (SSSR count). The van der Waals surface area contributed by atoms with Crippen molar-refractivity contribution in [2.45, 2.75) is 6.92 Å². The average molecular weight is 246 g/mol. The van der Waals surface area contributed by atoms with Crippen molar-refractivity contribution in [3.8, 4) is 0 Å². The number of amides is 1. The smallest absolute Gasteiger partial charge is 0.274 e. The Morgan fingerprint density at radius 1 is 1.47 bits per heavy atom. The van der Waals surface area contributed by atoms with E-state index in [0.29, 0.717) is 6.07 Å². The Hall–Kier alpha value is -2.09. The number of hydrogen-bond acceptors (Lipinski definition) is 4. The van der Waals surface area contributed by atoms with Gasteiger partial charge in [0.05, 0.1) is 17.1 Å². The molecule has 1 aromatic carbocycles. The number of carbonyl (C=O) groups is 1. The Morgan fingerprint density at radius 2 is 2.12 bits per heavy atom. The summed E-state index contributed by atoms with van der Waals surface area (Å²) in [5.74, 6) is -3.57. The van der Waals surface area contributed by atoms with E-state index in [9.17, 15) is 23.7 Å². The third-order valence-electron chi connectivity index (χ3n) is 1.79. The van der Waals surface area contributed by atoms with Gasteiger partial charge in [0, 0.05) is 12.1 Å². The molecule has 1 amide bonds. The van der Waals surface area contributed by atoms with Gasteiger partial charge in [-0.25, -0.2) is 9.87 Å². The number of nitro benzene ring substituents is 1. The summed E-state index contributed by atoms with van der Waals surface area (Å²) < 4.78 is 26.1. The van der Waals surface area contributed by atoms with E-state index >= 15 is 0 Å². The zero-order valence-corrected chi connectivity index (χ0v) is 8.70. The zero-order valence-electron chi connectivity index (χ0n) is 8.70. The van der Waals surface area contributed by atoms with E-state index in [1.807, 2.05) is 5.48 Å². The van der Waals surface area contributed by atoms with Crippen LogP contribution in [-0.4, -0.2) is 17.4 Å². The molecule has 0 atom stereocenters. The summed E-state index contributed by atoms with van der Waals surface area (Å²) in [5, 5.41) is 10.4. The standard InChI is InChI=1S/C9H8F2N2O4/c1-2-17-12-9(14)5-3-8(13(15)16)7(11)4-6(5)10/h3-4H,2H2,1H3,(H,12,14). The van der Waals surface area contributed by atoms with Gasteiger partial charge in [0.25, 0.3) is 5.91 Å². The van der Waals surface area contributed by atoms with Crippen molar-refractivity contribution in [1.29, 1.82) is 0 Å². The van der Waals surface area contributed by atoms with Crippen molar-refractivity contribution in [2.75, 3.05) is 6.61 Å². The number of rotatable bonds is 4. The van der Waals surface area contributed by atoms with Gasteiger partial charge in [0.1, 0.15) is 5.82 Å². The molecule has 17 heavy (non-hydrogen) atoms. The summed E-state index contributed by atoms with van der Waals surface area (Å²) in [4.78, 5) is 25.1. The number of hydrogen-bond donors (Lipinski definition) is 1. The number of carbonyl (C=O) groups excluding carboxylic acids is 1. The summed E-state index contributed by atoms with van der Waals surface area (Å²) in [7, 11) is 0. The highest BCUT2D eigenvalue weighted by Gasteiger charge is 2.22. The number of nitrogens with one attached hydrogen (secondary N) is 1. The predicted molar refractivity (Wildman–Crippen MR) is 52.1 cm³/mol. The second-order valence-corrected chi connectivity index (χ2v) is 2.90. The van der Waals surface area contributed by atoms with Crippen LogP contribution < -0.4 is 5.48 Å². The van der Waals surface area contributed by atoms with E-state index in [1.165, 1.54) is 0 Å². The van der Waals surface area contributed by atoms with Crippen LogP contribution in [-0.2, 0) is 4.84 Å². The van der Waals surface area contributed by atoms with E-state index in [-0.39, 0.29) is 12.7 Å². The Bertz CT molecular complexity index is 465. The minimum atomic E-state index is -1.35. The molecule has 8 heteroatoms. The van der Waals surface area contributed by atoms with Gasteiger partial charge >= 0.3 is 5.69 Å². The van der Waals surface area contributed by atoms with Gasteiger partial charge in [-0.1, -0.05) is 0 Å². The minimum Gasteiger partial charge on any atom is -0.274 e. The first-order valence-electron chi connectivity index (χ1n) is 4.53. The van der Waals surface area contributed by atoms with Crippen LogP contribution in [0, 0.1) is 21.7 Å². The first kappa shape index (κ1) is 13.0. The van der Waals surface area contributed by atoms with Crippen LogP contribution in [0.25, 0.3) is 0 Å². The molecular weight excluding hydrogens is 238 g/mol. The highest BCUT2D eigenvalue weighted by Crippen LogP contribution is 2.21. The van der Waals surface area contributed by atoms with Crippen LogP contribution in [0.3, 0.4) is 0 Å². The van der Waals surface area contributed by atoms with Gasteiger partial charge in [-0.15, -0.1) is 0 Å². The van der Waals surface area contributed by atoms with Gasteiger partial charge < -0.3 is 0 Å². The molecule has 0 aliphatic carbocycles. The van der Waals surface area contributed by atoms with Gasteiger partial charge in [-0.3, -0.25) is 19.7 Å². The maximum atomic E-state index is 13.2. The molecule has 0 bridgehead atoms. The molecule has 0 spiro atoms. The summed E-state index contributed by atoms with van der Waals surface area (Å²) in [6.45, 7) is 1.71.